The fraction of sp³-hybridized carbons (Fsp3) is 1.00. The van der Waals surface area contributed by atoms with E-state index in [1.165, 1.54) is 0 Å². The van der Waals surface area contributed by atoms with Crippen LogP contribution in [-0.2, 0) is 9.31 Å². The van der Waals surface area contributed by atoms with Crippen molar-refractivity contribution in [1.82, 2.24) is 0 Å². The Kier molecular flexibility index (Phi) is 6.67. The first-order chi connectivity index (χ1) is 5.20. The summed E-state index contributed by atoms with van der Waals surface area (Å²) in [5, 5.41) is 0. The zero-order chi connectivity index (χ0) is 8.69. The summed E-state index contributed by atoms with van der Waals surface area (Å²) in [5.41, 5.74) is 0. The number of hydrogen-bond acceptors (Lipinski definition) is 2. The van der Waals surface area contributed by atoms with Gasteiger partial charge in [0.05, 0.1) is 0 Å². The average molecular weight is 158 g/mol. The molecule has 0 aromatic heterocycles. The highest BCUT2D eigenvalue weighted by atomic mass is 16.6. The van der Waals surface area contributed by atoms with Gasteiger partial charge in [0.2, 0.25) is 0 Å². The summed E-state index contributed by atoms with van der Waals surface area (Å²) in [6, 6.07) is 0. The van der Waals surface area contributed by atoms with Crippen molar-refractivity contribution in [2.75, 3.05) is 0 Å². The van der Waals surface area contributed by atoms with E-state index in [1.54, 1.807) is 0 Å². The second-order valence-corrected chi connectivity index (χ2v) is 2.89. The molecule has 0 aliphatic rings. The minimum atomic E-state index is 0.319. The molecular formula is C8H19BO2. The molecule has 0 bridgehead atoms. The summed E-state index contributed by atoms with van der Waals surface area (Å²) in [4.78, 5) is 0. The maximum Gasteiger partial charge on any atom is 0.438 e. The van der Waals surface area contributed by atoms with Gasteiger partial charge in [-0.3, -0.25) is 0 Å². The lowest BCUT2D eigenvalue weighted by atomic mass is 10.2. The lowest BCUT2D eigenvalue weighted by molar-refractivity contribution is 0.131. The Hall–Kier alpha value is -0.0151. The van der Waals surface area contributed by atoms with Crippen molar-refractivity contribution in [2.45, 2.75) is 52.7 Å². The van der Waals surface area contributed by atoms with Crippen molar-refractivity contribution in [1.29, 1.82) is 0 Å². The van der Waals surface area contributed by atoms with Gasteiger partial charge in [-0.1, -0.05) is 13.8 Å². The van der Waals surface area contributed by atoms with Crippen molar-refractivity contribution >= 4 is 7.69 Å². The molecule has 0 heterocycles. The summed E-state index contributed by atoms with van der Waals surface area (Å²) in [6.07, 6.45) is 2.73. The van der Waals surface area contributed by atoms with Crippen LogP contribution in [0.1, 0.15) is 40.5 Å². The van der Waals surface area contributed by atoms with Gasteiger partial charge in [0.25, 0.3) is 0 Å². The largest absolute Gasteiger partial charge is 0.438 e. The molecular weight excluding hydrogens is 139 g/mol. The number of hydrogen-bond donors (Lipinski definition) is 0. The summed E-state index contributed by atoms with van der Waals surface area (Å²) in [6.45, 7) is 8.32. The molecule has 0 saturated carbocycles. The van der Waals surface area contributed by atoms with Gasteiger partial charge in [-0.2, -0.15) is 0 Å². The zero-order valence-corrected chi connectivity index (χ0v) is 8.09. The van der Waals surface area contributed by atoms with Crippen LogP contribution < -0.4 is 0 Å². The van der Waals surface area contributed by atoms with Gasteiger partial charge in [-0.25, -0.2) is 0 Å². The topological polar surface area (TPSA) is 18.5 Å². The minimum Gasteiger partial charge on any atom is -0.412 e. The Morgan fingerprint density at radius 2 is 1.36 bits per heavy atom. The molecule has 0 spiro atoms. The Bertz CT molecular complexity index is 78.2. The zero-order valence-electron chi connectivity index (χ0n) is 8.09. The van der Waals surface area contributed by atoms with Crippen LogP contribution in [0, 0.1) is 0 Å². The minimum absolute atomic E-state index is 0.319. The molecule has 0 aromatic carbocycles. The van der Waals surface area contributed by atoms with Gasteiger partial charge in [0.1, 0.15) is 0 Å². The fourth-order valence-electron chi connectivity index (χ4n) is 0.507. The summed E-state index contributed by atoms with van der Waals surface area (Å²) >= 11 is 0. The van der Waals surface area contributed by atoms with Crippen LogP contribution >= 0.6 is 0 Å². The van der Waals surface area contributed by atoms with Crippen molar-refractivity contribution in [3.63, 3.8) is 0 Å². The van der Waals surface area contributed by atoms with Gasteiger partial charge < -0.3 is 9.31 Å². The normalized spacial score (nSPS) is 16.0. The van der Waals surface area contributed by atoms with Crippen LogP contribution in [0.2, 0.25) is 0 Å². The molecule has 3 heteroatoms. The standard InChI is InChI=1S/C8H19BO2/c1-5-7(3)10-9-11-8(4)6-2/h7-9H,5-6H2,1-4H3. The second kappa shape index (κ2) is 6.68. The Morgan fingerprint density at radius 1 is 1.00 bits per heavy atom. The lowest BCUT2D eigenvalue weighted by Gasteiger charge is -2.13. The molecule has 0 amide bonds. The van der Waals surface area contributed by atoms with Crippen molar-refractivity contribution in [2.24, 2.45) is 0 Å². The highest BCUT2D eigenvalue weighted by molar-refractivity contribution is 6.18. The van der Waals surface area contributed by atoms with Gasteiger partial charge in [-0.05, 0) is 26.7 Å². The first-order valence-corrected chi connectivity index (χ1v) is 4.43. The molecule has 0 aliphatic carbocycles. The van der Waals surface area contributed by atoms with Gasteiger partial charge in [0.15, 0.2) is 0 Å². The SMILES string of the molecule is CCC(C)OBOC(C)CC. The molecule has 66 valence electrons. The average Bonchev–Trinajstić information content (AvgIpc) is 2.04. The Morgan fingerprint density at radius 3 is 1.64 bits per heavy atom. The van der Waals surface area contributed by atoms with E-state index in [1.807, 2.05) is 0 Å². The Balaban J connectivity index is 3.13. The predicted octanol–water partition coefficient (Wildman–Crippen LogP) is 1.88. The molecule has 0 aromatic rings. The molecule has 0 radical (unpaired) electrons. The smallest absolute Gasteiger partial charge is 0.412 e. The molecule has 0 N–H and O–H groups in total. The first kappa shape index (κ1) is 11.0. The van der Waals surface area contributed by atoms with Crippen molar-refractivity contribution < 1.29 is 9.31 Å². The van der Waals surface area contributed by atoms with Crippen LogP contribution in [0.25, 0.3) is 0 Å². The maximum atomic E-state index is 5.34. The van der Waals surface area contributed by atoms with Gasteiger partial charge in [0, 0.05) is 12.2 Å². The Labute approximate surface area is 70.6 Å². The van der Waals surface area contributed by atoms with Crippen LogP contribution in [0.4, 0.5) is 0 Å². The van der Waals surface area contributed by atoms with Crippen LogP contribution in [0.5, 0.6) is 0 Å². The van der Waals surface area contributed by atoms with Crippen molar-refractivity contribution in [3.8, 4) is 0 Å². The van der Waals surface area contributed by atoms with Crippen molar-refractivity contribution in [3.05, 3.63) is 0 Å². The molecule has 2 nitrogen and oxygen atoms in total. The quantitative estimate of drug-likeness (QED) is 0.549. The van der Waals surface area contributed by atoms with Crippen LogP contribution in [0.3, 0.4) is 0 Å². The monoisotopic (exact) mass is 158 g/mol. The second-order valence-electron chi connectivity index (χ2n) is 2.89. The molecule has 2 atom stereocenters. The molecule has 11 heavy (non-hydrogen) atoms. The maximum absolute atomic E-state index is 5.34. The van der Waals surface area contributed by atoms with E-state index in [0.717, 1.165) is 12.8 Å². The van der Waals surface area contributed by atoms with E-state index in [0.29, 0.717) is 19.9 Å². The number of rotatable bonds is 6. The highest BCUT2D eigenvalue weighted by Crippen LogP contribution is 1.98. The molecule has 0 aliphatic heterocycles. The summed E-state index contributed by atoms with van der Waals surface area (Å²) in [5.74, 6) is 0. The molecule has 0 rings (SSSR count). The van der Waals surface area contributed by atoms with Crippen LogP contribution in [0.15, 0.2) is 0 Å². The third kappa shape index (κ3) is 6.39. The van der Waals surface area contributed by atoms with E-state index < -0.39 is 0 Å². The third-order valence-electron chi connectivity index (χ3n) is 1.85. The van der Waals surface area contributed by atoms with Gasteiger partial charge in [-0.15, -0.1) is 0 Å². The lowest BCUT2D eigenvalue weighted by Crippen LogP contribution is -2.17. The first-order valence-electron chi connectivity index (χ1n) is 4.43. The molecule has 0 fully saturated rings. The molecule has 2 unspecified atom stereocenters. The van der Waals surface area contributed by atoms with Crippen LogP contribution in [-0.4, -0.2) is 19.9 Å². The fourth-order valence-corrected chi connectivity index (χ4v) is 0.507. The van der Waals surface area contributed by atoms with E-state index in [9.17, 15) is 0 Å². The summed E-state index contributed by atoms with van der Waals surface area (Å²) in [7, 11) is 0.435. The predicted molar refractivity (Wildman–Crippen MR) is 48.8 cm³/mol. The van der Waals surface area contributed by atoms with Gasteiger partial charge >= 0.3 is 7.69 Å². The van der Waals surface area contributed by atoms with E-state index in [2.05, 4.69) is 27.7 Å². The highest BCUT2D eigenvalue weighted by Gasteiger charge is 2.03. The van der Waals surface area contributed by atoms with E-state index in [4.69, 9.17) is 9.31 Å². The summed E-state index contributed by atoms with van der Waals surface area (Å²) < 4.78 is 10.7. The van der Waals surface area contributed by atoms with E-state index in [-0.39, 0.29) is 0 Å². The third-order valence-corrected chi connectivity index (χ3v) is 1.85. The molecule has 0 saturated heterocycles. The van der Waals surface area contributed by atoms with E-state index >= 15 is 0 Å².